The Labute approximate surface area is 83.1 Å². The fraction of sp³-hybridized carbons (Fsp3) is 1.00. The number of hydrogen-bond donors (Lipinski definition) is 4. The molecule has 0 saturated carbocycles. The van der Waals surface area contributed by atoms with Gasteiger partial charge in [-0.3, -0.25) is 0 Å². The van der Waals surface area contributed by atoms with E-state index in [4.69, 9.17) is 14.9 Å². The second-order valence-electron chi connectivity index (χ2n) is 2.67. The van der Waals surface area contributed by atoms with Crippen molar-refractivity contribution in [3.63, 3.8) is 0 Å². The molecule has 5 atom stereocenters. The summed E-state index contributed by atoms with van der Waals surface area (Å²) in [6.07, 6.45) is -4.24. The molecule has 1 aliphatic rings. The van der Waals surface area contributed by atoms with E-state index in [0.717, 1.165) is 0 Å². The second-order valence-corrected chi connectivity index (χ2v) is 4.11. The third-order valence-electron chi connectivity index (χ3n) is 1.82. The van der Waals surface area contributed by atoms with Gasteiger partial charge in [0.2, 0.25) is 0 Å². The molecule has 1 heterocycles. The lowest BCUT2D eigenvalue weighted by molar-refractivity contribution is -0.231. The van der Waals surface area contributed by atoms with Gasteiger partial charge in [-0.25, -0.2) is 0 Å². The van der Waals surface area contributed by atoms with Crippen molar-refractivity contribution in [3.8, 4) is 0 Å². The molecule has 12 heavy (non-hydrogen) atoms. The Morgan fingerprint density at radius 3 is 2.25 bits per heavy atom. The van der Waals surface area contributed by atoms with Crippen LogP contribution in [0.3, 0.4) is 0 Å². The van der Waals surface area contributed by atoms with Crippen molar-refractivity contribution in [2.24, 2.45) is 0 Å². The van der Waals surface area contributed by atoms with E-state index < -0.39 is 35.1 Å². The molecule has 6 heteroatoms. The molecule has 0 spiro atoms. The van der Waals surface area contributed by atoms with Crippen LogP contribution in [0, 0.1) is 0 Å². The van der Waals surface area contributed by atoms with Crippen molar-refractivity contribution in [3.05, 3.63) is 0 Å². The fourth-order valence-electron chi connectivity index (χ4n) is 1.06. The minimum absolute atomic E-state index is 0.418. The number of ether oxygens (including phenoxy) is 1. The standard InChI is InChI=1S/C6H11IO5/c7-3-5(10)4(9)2(1-8)12-6(3)11/h2-6,8-11H,1H2/t2?,3-,4+,5-,6?/m1/s1. The topological polar surface area (TPSA) is 90.2 Å². The van der Waals surface area contributed by atoms with Crippen molar-refractivity contribution in [2.75, 3.05) is 6.61 Å². The van der Waals surface area contributed by atoms with E-state index >= 15 is 0 Å². The third kappa shape index (κ3) is 1.88. The Hall–Kier alpha value is 0.530. The van der Waals surface area contributed by atoms with E-state index in [0.29, 0.717) is 0 Å². The van der Waals surface area contributed by atoms with Gasteiger partial charge in [-0.1, -0.05) is 22.6 Å². The SMILES string of the molecule is OCC1OC(O)[C@H](I)[C@@H](O)[C@H]1O. The van der Waals surface area contributed by atoms with Crippen LogP contribution in [-0.2, 0) is 4.74 Å². The number of halogens is 1. The average Bonchev–Trinajstić information content (AvgIpc) is 2.08. The first-order valence-corrected chi connectivity index (χ1v) is 4.77. The van der Waals surface area contributed by atoms with Crippen LogP contribution in [-0.4, -0.2) is 55.6 Å². The van der Waals surface area contributed by atoms with Gasteiger partial charge in [0.25, 0.3) is 0 Å². The minimum atomic E-state index is -1.14. The smallest absolute Gasteiger partial charge is 0.169 e. The highest BCUT2D eigenvalue weighted by Gasteiger charge is 2.41. The Balaban J connectivity index is 2.63. The highest BCUT2D eigenvalue weighted by Crippen LogP contribution is 2.24. The molecule has 1 rings (SSSR count). The Bertz CT molecular complexity index is 150. The third-order valence-corrected chi connectivity index (χ3v) is 3.18. The van der Waals surface area contributed by atoms with Crippen LogP contribution in [0.5, 0.6) is 0 Å². The van der Waals surface area contributed by atoms with Gasteiger partial charge in [-0.2, -0.15) is 0 Å². The summed E-state index contributed by atoms with van der Waals surface area (Å²) in [4.78, 5) is 0. The molecule has 1 saturated heterocycles. The highest BCUT2D eigenvalue weighted by molar-refractivity contribution is 14.1. The van der Waals surface area contributed by atoms with Crippen molar-refractivity contribution >= 4 is 22.6 Å². The zero-order valence-corrected chi connectivity index (χ0v) is 8.33. The molecule has 72 valence electrons. The maximum atomic E-state index is 9.31. The molecule has 0 bridgehead atoms. The van der Waals surface area contributed by atoms with Crippen molar-refractivity contribution in [1.82, 2.24) is 0 Å². The van der Waals surface area contributed by atoms with Gasteiger partial charge in [-0.15, -0.1) is 0 Å². The lowest BCUT2D eigenvalue weighted by atomic mass is 10.0. The normalized spacial score (nSPS) is 49.2. The van der Waals surface area contributed by atoms with Crippen LogP contribution in [0.15, 0.2) is 0 Å². The monoisotopic (exact) mass is 290 g/mol. The molecule has 2 unspecified atom stereocenters. The van der Waals surface area contributed by atoms with Crippen LogP contribution < -0.4 is 0 Å². The summed E-state index contributed by atoms with van der Waals surface area (Å²) >= 11 is 1.78. The lowest BCUT2D eigenvalue weighted by Gasteiger charge is -2.37. The number of rotatable bonds is 1. The van der Waals surface area contributed by atoms with Gasteiger partial charge in [0.15, 0.2) is 6.29 Å². The lowest BCUT2D eigenvalue weighted by Crippen LogP contribution is -2.56. The van der Waals surface area contributed by atoms with Gasteiger partial charge in [0, 0.05) is 0 Å². The summed E-state index contributed by atoms with van der Waals surface area (Å²) in [5, 5.41) is 36.4. The molecule has 0 aromatic rings. The minimum Gasteiger partial charge on any atom is -0.394 e. The van der Waals surface area contributed by atoms with E-state index in [1.54, 1.807) is 22.6 Å². The maximum Gasteiger partial charge on any atom is 0.169 e. The second kappa shape index (κ2) is 4.16. The zero-order valence-electron chi connectivity index (χ0n) is 6.17. The zero-order chi connectivity index (χ0) is 9.30. The first-order valence-electron chi connectivity index (χ1n) is 3.52. The first-order chi connectivity index (χ1) is 5.57. The summed E-state index contributed by atoms with van der Waals surface area (Å²) < 4.78 is 4.25. The van der Waals surface area contributed by atoms with E-state index in [9.17, 15) is 10.2 Å². The van der Waals surface area contributed by atoms with E-state index in [1.165, 1.54) is 0 Å². The quantitative estimate of drug-likeness (QED) is 0.339. The maximum absolute atomic E-state index is 9.31. The Morgan fingerprint density at radius 1 is 1.17 bits per heavy atom. The molecule has 0 amide bonds. The molecular formula is C6H11IO5. The molecule has 5 nitrogen and oxygen atoms in total. The molecule has 0 radical (unpaired) electrons. The number of hydrogen-bond acceptors (Lipinski definition) is 5. The van der Waals surface area contributed by atoms with Gasteiger partial charge >= 0.3 is 0 Å². The van der Waals surface area contributed by atoms with Crippen LogP contribution in [0.25, 0.3) is 0 Å². The molecule has 4 N–H and O–H groups in total. The molecule has 0 aromatic carbocycles. The van der Waals surface area contributed by atoms with Gasteiger partial charge in [0.05, 0.1) is 16.6 Å². The van der Waals surface area contributed by atoms with Crippen LogP contribution >= 0.6 is 22.6 Å². The molecular weight excluding hydrogens is 279 g/mol. The molecule has 1 aliphatic heterocycles. The Kier molecular flexibility index (Phi) is 3.68. The van der Waals surface area contributed by atoms with E-state index in [1.807, 2.05) is 0 Å². The van der Waals surface area contributed by atoms with Crippen LogP contribution in [0.2, 0.25) is 0 Å². The van der Waals surface area contributed by atoms with Crippen molar-refractivity contribution in [1.29, 1.82) is 0 Å². The van der Waals surface area contributed by atoms with Crippen LogP contribution in [0.1, 0.15) is 0 Å². The van der Waals surface area contributed by atoms with Crippen LogP contribution in [0.4, 0.5) is 0 Å². The van der Waals surface area contributed by atoms with Gasteiger partial charge < -0.3 is 25.2 Å². The van der Waals surface area contributed by atoms with Gasteiger partial charge in [0.1, 0.15) is 12.2 Å². The average molecular weight is 290 g/mol. The summed E-state index contributed by atoms with van der Waals surface area (Å²) in [5.74, 6) is 0. The first kappa shape index (κ1) is 10.6. The molecule has 1 fully saturated rings. The predicted molar refractivity (Wildman–Crippen MR) is 47.8 cm³/mol. The largest absolute Gasteiger partial charge is 0.394 e. The van der Waals surface area contributed by atoms with Crippen molar-refractivity contribution in [2.45, 2.75) is 28.5 Å². The Morgan fingerprint density at radius 2 is 1.75 bits per heavy atom. The van der Waals surface area contributed by atoms with Crippen molar-refractivity contribution < 1.29 is 25.2 Å². The number of aliphatic hydroxyl groups excluding tert-OH is 4. The van der Waals surface area contributed by atoms with E-state index in [-0.39, 0.29) is 0 Å². The fourth-order valence-corrected chi connectivity index (χ4v) is 1.66. The van der Waals surface area contributed by atoms with Gasteiger partial charge in [-0.05, 0) is 0 Å². The predicted octanol–water partition coefficient (Wildman–Crippen LogP) is -1.78. The summed E-state index contributed by atoms with van der Waals surface area (Å²) in [6, 6.07) is 0. The summed E-state index contributed by atoms with van der Waals surface area (Å²) in [6.45, 7) is -0.418. The number of alkyl halides is 1. The summed E-state index contributed by atoms with van der Waals surface area (Å²) in [5.41, 5.74) is 0. The number of aliphatic hydroxyl groups is 4. The van der Waals surface area contributed by atoms with E-state index in [2.05, 4.69) is 0 Å². The highest BCUT2D eigenvalue weighted by atomic mass is 127. The molecule has 0 aromatic heterocycles. The molecule has 0 aliphatic carbocycles. The summed E-state index contributed by atoms with van der Waals surface area (Å²) in [7, 11) is 0.